The van der Waals surface area contributed by atoms with E-state index in [4.69, 9.17) is 4.74 Å². The fourth-order valence-electron chi connectivity index (χ4n) is 1.83. The number of hydrogen-bond donors (Lipinski definition) is 1. The molecule has 4 nitrogen and oxygen atoms in total. The Morgan fingerprint density at radius 1 is 1.62 bits per heavy atom. The number of piperidine rings is 1. The van der Waals surface area contributed by atoms with Gasteiger partial charge in [0, 0.05) is 13.6 Å². The highest BCUT2D eigenvalue weighted by molar-refractivity contribution is 5.25. The van der Waals surface area contributed by atoms with E-state index in [1.807, 2.05) is 0 Å². The van der Waals surface area contributed by atoms with Gasteiger partial charge in [0.2, 0.25) is 0 Å². The van der Waals surface area contributed by atoms with Crippen LogP contribution in [0, 0.1) is 0 Å². The van der Waals surface area contributed by atoms with Crippen molar-refractivity contribution in [1.82, 2.24) is 15.1 Å². The van der Waals surface area contributed by atoms with Gasteiger partial charge in [-0.2, -0.15) is 5.10 Å². The number of alkyl halides is 2. The molecule has 1 N–H and O–H groups in total. The van der Waals surface area contributed by atoms with Crippen molar-refractivity contribution < 1.29 is 13.5 Å². The second-order valence-electron chi connectivity index (χ2n) is 3.94. The van der Waals surface area contributed by atoms with Gasteiger partial charge in [0.15, 0.2) is 11.4 Å². The first-order valence-electron chi connectivity index (χ1n) is 5.36. The maximum atomic E-state index is 12.6. The SMILES string of the molecule is Cn1cc(OC2CCCNC2)c(C(F)F)n1. The summed E-state index contributed by atoms with van der Waals surface area (Å²) in [5, 5.41) is 6.87. The number of nitrogens with zero attached hydrogens (tertiary/aromatic N) is 2. The maximum absolute atomic E-state index is 12.6. The molecule has 0 bridgehead atoms. The Morgan fingerprint density at radius 2 is 2.44 bits per heavy atom. The minimum Gasteiger partial charge on any atom is -0.485 e. The van der Waals surface area contributed by atoms with Crippen LogP contribution in [0.2, 0.25) is 0 Å². The van der Waals surface area contributed by atoms with Crippen LogP contribution in [0.25, 0.3) is 0 Å². The third-order valence-electron chi connectivity index (χ3n) is 2.57. The van der Waals surface area contributed by atoms with Crippen molar-refractivity contribution in [3.8, 4) is 5.75 Å². The normalized spacial score (nSPS) is 21.4. The number of rotatable bonds is 3. The molecule has 0 aromatic carbocycles. The summed E-state index contributed by atoms with van der Waals surface area (Å²) in [6.07, 6.45) is 0.776. The molecule has 1 saturated heterocycles. The predicted octanol–water partition coefficient (Wildman–Crippen LogP) is 1.49. The summed E-state index contributed by atoms with van der Waals surface area (Å²) in [6.45, 7) is 1.67. The van der Waals surface area contributed by atoms with Gasteiger partial charge in [0.25, 0.3) is 6.43 Å². The van der Waals surface area contributed by atoms with E-state index in [0.29, 0.717) is 6.54 Å². The molecule has 90 valence electrons. The molecule has 1 aliphatic heterocycles. The molecule has 0 spiro atoms. The monoisotopic (exact) mass is 231 g/mol. The molecule has 0 amide bonds. The van der Waals surface area contributed by atoms with Crippen LogP contribution in [0.3, 0.4) is 0 Å². The van der Waals surface area contributed by atoms with E-state index in [-0.39, 0.29) is 17.5 Å². The standard InChI is InChI=1S/C10H15F2N3O/c1-15-6-8(9(14-15)10(11)12)16-7-3-2-4-13-5-7/h6-7,10,13H,2-5H2,1H3. The Bertz CT molecular complexity index is 348. The van der Waals surface area contributed by atoms with Gasteiger partial charge in [0.05, 0.1) is 6.20 Å². The van der Waals surface area contributed by atoms with E-state index < -0.39 is 6.43 Å². The van der Waals surface area contributed by atoms with E-state index >= 15 is 0 Å². The average molecular weight is 231 g/mol. The quantitative estimate of drug-likeness (QED) is 0.856. The van der Waals surface area contributed by atoms with Gasteiger partial charge in [-0.25, -0.2) is 8.78 Å². The largest absolute Gasteiger partial charge is 0.485 e. The summed E-state index contributed by atoms with van der Waals surface area (Å²) < 4.78 is 32.1. The highest BCUT2D eigenvalue weighted by Gasteiger charge is 2.22. The van der Waals surface area contributed by atoms with E-state index in [0.717, 1.165) is 19.4 Å². The zero-order chi connectivity index (χ0) is 11.5. The fraction of sp³-hybridized carbons (Fsp3) is 0.700. The first kappa shape index (κ1) is 11.3. The molecular formula is C10H15F2N3O. The van der Waals surface area contributed by atoms with Crippen molar-refractivity contribution in [1.29, 1.82) is 0 Å². The number of halogens is 2. The van der Waals surface area contributed by atoms with Crippen LogP contribution in [-0.4, -0.2) is 29.0 Å². The van der Waals surface area contributed by atoms with Crippen LogP contribution in [0.4, 0.5) is 8.78 Å². The van der Waals surface area contributed by atoms with Crippen LogP contribution in [0.15, 0.2) is 6.20 Å². The third kappa shape index (κ3) is 2.49. The van der Waals surface area contributed by atoms with Gasteiger partial charge in [-0.05, 0) is 19.4 Å². The fourth-order valence-corrected chi connectivity index (χ4v) is 1.83. The summed E-state index contributed by atoms with van der Waals surface area (Å²) >= 11 is 0. The van der Waals surface area contributed by atoms with E-state index in [9.17, 15) is 8.78 Å². The number of aromatic nitrogens is 2. The molecule has 16 heavy (non-hydrogen) atoms. The zero-order valence-corrected chi connectivity index (χ0v) is 9.12. The molecule has 1 unspecified atom stereocenters. The van der Waals surface area contributed by atoms with E-state index in [1.54, 1.807) is 7.05 Å². The minimum atomic E-state index is -2.59. The second kappa shape index (κ2) is 4.78. The van der Waals surface area contributed by atoms with Crippen LogP contribution in [-0.2, 0) is 7.05 Å². The van der Waals surface area contributed by atoms with Crippen molar-refractivity contribution in [3.63, 3.8) is 0 Å². The van der Waals surface area contributed by atoms with Crippen molar-refractivity contribution in [3.05, 3.63) is 11.9 Å². The zero-order valence-electron chi connectivity index (χ0n) is 9.12. The summed E-state index contributed by atoms with van der Waals surface area (Å²) in [7, 11) is 1.61. The smallest absolute Gasteiger partial charge is 0.285 e. The second-order valence-corrected chi connectivity index (χ2v) is 3.94. The molecule has 2 rings (SSSR count). The number of nitrogens with one attached hydrogen (secondary N) is 1. The van der Waals surface area contributed by atoms with Crippen molar-refractivity contribution in [2.24, 2.45) is 7.05 Å². The van der Waals surface area contributed by atoms with Crippen LogP contribution < -0.4 is 10.1 Å². The molecule has 1 atom stereocenters. The molecular weight excluding hydrogens is 216 g/mol. The van der Waals surface area contributed by atoms with Gasteiger partial charge in [-0.3, -0.25) is 4.68 Å². The number of ether oxygens (including phenoxy) is 1. The highest BCUT2D eigenvalue weighted by atomic mass is 19.3. The average Bonchev–Trinajstić information content (AvgIpc) is 2.61. The van der Waals surface area contributed by atoms with Crippen molar-refractivity contribution in [2.75, 3.05) is 13.1 Å². The highest BCUT2D eigenvalue weighted by Crippen LogP contribution is 2.28. The maximum Gasteiger partial charge on any atom is 0.285 e. The molecule has 6 heteroatoms. The summed E-state index contributed by atoms with van der Waals surface area (Å²) in [4.78, 5) is 0. The molecule has 1 aromatic rings. The van der Waals surface area contributed by atoms with E-state index in [2.05, 4.69) is 10.4 Å². The molecule has 0 saturated carbocycles. The Labute approximate surface area is 92.6 Å². The topological polar surface area (TPSA) is 39.1 Å². The molecule has 2 heterocycles. The van der Waals surface area contributed by atoms with Crippen LogP contribution in [0.5, 0.6) is 5.75 Å². The number of hydrogen-bond acceptors (Lipinski definition) is 3. The Hall–Kier alpha value is -1.17. The first-order valence-corrected chi connectivity index (χ1v) is 5.36. The van der Waals surface area contributed by atoms with Crippen LogP contribution in [0.1, 0.15) is 25.0 Å². The lowest BCUT2D eigenvalue weighted by molar-refractivity contribution is 0.125. The molecule has 0 radical (unpaired) electrons. The minimum absolute atomic E-state index is 0.0320. The lowest BCUT2D eigenvalue weighted by atomic mass is 10.1. The van der Waals surface area contributed by atoms with Gasteiger partial charge >= 0.3 is 0 Å². The molecule has 1 aromatic heterocycles. The van der Waals surface area contributed by atoms with Gasteiger partial charge < -0.3 is 10.1 Å². The molecule has 1 fully saturated rings. The molecule has 1 aliphatic rings. The van der Waals surface area contributed by atoms with Gasteiger partial charge in [0.1, 0.15) is 6.10 Å². The van der Waals surface area contributed by atoms with Crippen molar-refractivity contribution >= 4 is 0 Å². The predicted molar refractivity (Wildman–Crippen MR) is 54.7 cm³/mol. The van der Waals surface area contributed by atoms with Gasteiger partial charge in [-0.1, -0.05) is 0 Å². The third-order valence-corrected chi connectivity index (χ3v) is 2.57. The lowest BCUT2D eigenvalue weighted by Crippen LogP contribution is -2.37. The lowest BCUT2D eigenvalue weighted by Gasteiger charge is -2.23. The summed E-state index contributed by atoms with van der Waals surface area (Å²) in [5.74, 6) is 0.200. The Balaban J connectivity index is 2.07. The number of aryl methyl sites for hydroxylation is 1. The molecule has 0 aliphatic carbocycles. The van der Waals surface area contributed by atoms with Gasteiger partial charge in [-0.15, -0.1) is 0 Å². The Morgan fingerprint density at radius 3 is 3.06 bits per heavy atom. The summed E-state index contributed by atoms with van der Waals surface area (Å²) in [6, 6.07) is 0. The Kier molecular flexibility index (Phi) is 3.38. The van der Waals surface area contributed by atoms with E-state index in [1.165, 1.54) is 10.9 Å². The van der Waals surface area contributed by atoms with Crippen LogP contribution >= 0.6 is 0 Å². The van der Waals surface area contributed by atoms with Crippen molar-refractivity contribution in [2.45, 2.75) is 25.4 Å². The summed E-state index contributed by atoms with van der Waals surface area (Å²) in [5.41, 5.74) is -0.270. The first-order chi connectivity index (χ1) is 7.66.